The number of ether oxygens (including phenoxy) is 1. The summed E-state index contributed by atoms with van der Waals surface area (Å²) in [7, 11) is 1.43. The standard InChI is InChI=1S/C24H24ClFN4O6/c1-30(23(33)27-13-16-8-5-9-18(26)22(16)25)17(10-11-21(31)32)14-35-24(34)28-20-12-19(29-36-20)15-6-3-2-4-7-15/h2-9,12,17H,10-11,13-14H2,1H3,(H,27,33)(H,28,34)(H,31,32)/t17-/m0/s1. The van der Waals surface area contributed by atoms with Crippen LogP contribution in [0.2, 0.25) is 5.02 Å². The number of anilines is 1. The van der Waals surface area contributed by atoms with Crippen LogP contribution < -0.4 is 10.6 Å². The highest BCUT2D eigenvalue weighted by Gasteiger charge is 2.23. The number of carbonyl (C=O) groups excluding carboxylic acids is 2. The molecule has 0 aliphatic heterocycles. The minimum atomic E-state index is -1.07. The average molecular weight is 519 g/mol. The van der Waals surface area contributed by atoms with Gasteiger partial charge >= 0.3 is 18.1 Å². The molecule has 3 N–H and O–H groups in total. The van der Waals surface area contributed by atoms with E-state index in [0.29, 0.717) is 11.3 Å². The molecule has 0 radical (unpaired) electrons. The van der Waals surface area contributed by atoms with E-state index in [1.165, 1.54) is 30.1 Å². The molecule has 3 amide bonds. The quantitative estimate of drug-likeness (QED) is 0.352. The number of likely N-dealkylation sites (N-methyl/N-ethyl adjacent to an activating group) is 1. The number of hydrogen-bond acceptors (Lipinski definition) is 6. The number of aliphatic carboxylic acids is 1. The molecular weight excluding hydrogens is 495 g/mol. The first-order valence-corrected chi connectivity index (χ1v) is 11.2. The van der Waals surface area contributed by atoms with Crippen LogP contribution in [0.4, 0.5) is 19.9 Å². The molecule has 0 aliphatic carbocycles. The zero-order chi connectivity index (χ0) is 26.1. The Hall–Kier alpha value is -4.12. The summed E-state index contributed by atoms with van der Waals surface area (Å²) in [6.07, 6.45) is -1.11. The number of urea groups is 1. The third-order valence-corrected chi connectivity index (χ3v) is 5.66. The van der Waals surface area contributed by atoms with E-state index < -0.39 is 30.0 Å². The lowest BCUT2D eigenvalue weighted by Gasteiger charge is -2.27. The molecule has 1 atom stereocenters. The number of carboxylic acids is 1. The van der Waals surface area contributed by atoms with Crippen LogP contribution in [0.1, 0.15) is 18.4 Å². The van der Waals surface area contributed by atoms with Crippen LogP contribution in [0, 0.1) is 5.82 Å². The van der Waals surface area contributed by atoms with Crippen molar-refractivity contribution < 1.29 is 33.1 Å². The van der Waals surface area contributed by atoms with Gasteiger partial charge in [-0.25, -0.2) is 14.0 Å². The minimum Gasteiger partial charge on any atom is -0.481 e. The Morgan fingerprint density at radius 3 is 2.67 bits per heavy atom. The Kier molecular flexibility index (Phi) is 9.23. The van der Waals surface area contributed by atoms with Gasteiger partial charge in [0.15, 0.2) is 0 Å². The fourth-order valence-electron chi connectivity index (χ4n) is 3.21. The SMILES string of the molecule is CN(C(=O)NCc1cccc(F)c1Cl)[C@@H](CCC(=O)O)COC(=O)Nc1cc(-c2ccccc2)no1. The predicted octanol–water partition coefficient (Wildman–Crippen LogP) is 4.76. The van der Waals surface area contributed by atoms with Gasteiger partial charge in [0, 0.05) is 31.6 Å². The molecule has 1 heterocycles. The van der Waals surface area contributed by atoms with Gasteiger partial charge in [-0.05, 0) is 18.1 Å². The summed E-state index contributed by atoms with van der Waals surface area (Å²) < 4.78 is 23.9. The van der Waals surface area contributed by atoms with E-state index in [9.17, 15) is 18.8 Å². The van der Waals surface area contributed by atoms with Crippen LogP contribution in [-0.2, 0) is 16.1 Å². The van der Waals surface area contributed by atoms with Crippen LogP contribution in [0.3, 0.4) is 0 Å². The van der Waals surface area contributed by atoms with Gasteiger partial charge in [0.1, 0.15) is 18.1 Å². The third-order valence-electron chi connectivity index (χ3n) is 5.23. The van der Waals surface area contributed by atoms with Gasteiger partial charge in [0.05, 0.1) is 11.1 Å². The van der Waals surface area contributed by atoms with Gasteiger partial charge in [0.2, 0.25) is 5.88 Å². The minimum absolute atomic E-state index is 0.0215. The number of aromatic nitrogens is 1. The van der Waals surface area contributed by atoms with E-state index in [2.05, 4.69) is 15.8 Å². The molecule has 0 spiro atoms. The molecule has 36 heavy (non-hydrogen) atoms. The topological polar surface area (TPSA) is 134 Å². The Balaban J connectivity index is 1.56. The zero-order valence-electron chi connectivity index (χ0n) is 19.2. The van der Waals surface area contributed by atoms with Gasteiger partial charge in [-0.15, -0.1) is 0 Å². The van der Waals surface area contributed by atoms with E-state index >= 15 is 0 Å². The second-order valence-corrected chi connectivity index (χ2v) is 8.11. The van der Waals surface area contributed by atoms with Gasteiger partial charge < -0.3 is 24.6 Å². The molecule has 0 saturated carbocycles. The van der Waals surface area contributed by atoms with E-state index in [1.807, 2.05) is 30.3 Å². The Labute approximate surface area is 211 Å². The van der Waals surface area contributed by atoms with Crippen molar-refractivity contribution >= 4 is 35.6 Å². The number of benzene rings is 2. The van der Waals surface area contributed by atoms with Crippen LogP contribution >= 0.6 is 11.6 Å². The van der Waals surface area contributed by atoms with Crippen LogP contribution in [0.5, 0.6) is 0 Å². The molecule has 12 heteroatoms. The second-order valence-electron chi connectivity index (χ2n) is 7.73. The van der Waals surface area contributed by atoms with Crippen LogP contribution in [0.15, 0.2) is 59.1 Å². The predicted molar refractivity (Wildman–Crippen MR) is 129 cm³/mol. The lowest BCUT2D eigenvalue weighted by Crippen LogP contribution is -2.46. The fraction of sp³-hybridized carbons (Fsp3) is 0.250. The summed E-state index contributed by atoms with van der Waals surface area (Å²) in [6.45, 7) is -0.342. The first-order chi connectivity index (χ1) is 17.2. The van der Waals surface area contributed by atoms with Crippen molar-refractivity contribution in [1.29, 1.82) is 0 Å². The number of nitrogens with one attached hydrogen (secondary N) is 2. The van der Waals surface area contributed by atoms with E-state index in [-0.39, 0.29) is 36.9 Å². The van der Waals surface area contributed by atoms with Gasteiger partial charge in [0.25, 0.3) is 0 Å². The molecule has 3 rings (SSSR count). The van der Waals surface area contributed by atoms with Crippen molar-refractivity contribution in [2.24, 2.45) is 0 Å². The lowest BCUT2D eigenvalue weighted by molar-refractivity contribution is -0.137. The second kappa shape index (κ2) is 12.5. The maximum absolute atomic E-state index is 13.6. The molecule has 3 aromatic rings. The molecular formula is C24H24ClFN4O6. The van der Waals surface area contributed by atoms with Gasteiger partial charge in [-0.1, -0.05) is 59.2 Å². The highest BCUT2D eigenvalue weighted by molar-refractivity contribution is 6.31. The average Bonchev–Trinajstić information content (AvgIpc) is 3.33. The molecule has 10 nitrogen and oxygen atoms in total. The Morgan fingerprint density at radius 2 is 1.94 bits per heavy atom. The van der Waals surface area contributed by atoms with Gasteiger partial charge in [-0.3, -0.25) is 10.1 Å². The number of rotatable bonds is 10. The molecule has 0 fully saturated rings. The largest absolute Gasteiger partial charge is 0.481 e. The van der Waals surface area contributed by atoms with Crippen molar-refractivity contribution in [3.05, 3.63) is 71.0 Å². The van der Waals surface area contributed by atoms with Gasteiger partial charge in [-0.2, -0.15) is 0 Å². The number of nitrogens with zero attached hydrogens (tertiary/aromatic N) is 2. The summed E-state index contributed by atoms with van der Waals surface area (Å²) in [5.74, 6) is -1.63. The maximum atomic E-state index is 13.6. The highest BCUT2D eigenvalue weighted by atomic mass is 35.5. The highest BCUT2D eigenvalue weighted by Crippen LogP contribution is 2.22. The maximum Gasteiger partial charge on any atom is 0.414 e. The molecule has 0 unspecified atom stereocenters. The van der Waals surface area contributed by atoms with E-state index in [1.54, 1.807) is 6.07 Å². The first-order valence-electron chi connectivity index (χ1n) is 10.9. The third kappa shape index (κ3) is 7.44. The Bertz CT molecular complexity index is 1210. The molecule has 0 aliphatic rings. The summed E-state index contributed by atoms with van der Waals surface area (Å²) in [4.78, 5) is 37.2. The lowest BCUT2D eigenvalue weighted by atomic mass is 10.1. The first kappa shape index (κ1) is 26.5. The summed E-state index contributed by atoms with van der Waals surface area (Å²) in [6, 6.07) is 13.6. The smallest absolute Gasteiger partial charge is 0.414 e. The van der Waals surface area contributed by atoms with Crippen molar-refractivity contribution in [1.82, 2.24) is 15.4 Å². The molecule has 0 saturated heterocycles. The number of carboxylic acid groups (broad SMARTS) is 1. The molecule has 0 bridgehead atoms. The van der Waals surface area contributed by atoms with Crippen LogP contribution in [-0.4, -0.2) is 53.0 Å². The fourth-order valence-corrected chi connectivity index (χ4v) is 3.41. The number of carbonyl (C=O) groups is 3. The number of halogens is 2. The van der Waals surface area contributed by atoms with Crippen molar-refractivity contribution in [3.8, 4) is 11.3 Å². The summed E-state index contributed by atoms with van der Waals surface area (Å²) >= 11 is 5.91. The van der Waals surface area contributed by atoms with Crippen molar-refractivity contribution in [3.63, 3.8) is 0 Å². The van der Waals surface area contributed by atoms with E-state index in [4.69, 9.17) is 26.0 Å². The number of hydrogen-bond donors (Lipinski definition) is 3. The molecule has 190 valence electrons. The summed E-state index contributed by atoms with van der Waals surface area (Å²) in [5, 5.41) is 17.8. The van der Waals surface area contributed by atoms with Crippen LogP contribution in [0.25, 0.3) is 11.3 Å². The summed E-state index contributed by atoms with van der Waals surface area (Å²) in [5.41, 5.74) is 1.68. The zero-order valence-corrected chi connectivity index (χ0v) is 20.0. The van der Waals surface area contributed by atoms with E-state index in [0.717, 1.165) is 5.56 Å². The molecule has 2 aromatic carbocycles. The Morgan fingerprint density at radius 1 is 1.19 bits per heavy atom. The molecule has 1 aromatic heterocycles. The normalized spacial score (nSPS) is 11.4. The van der Waals surface area contributed by atoms with Crippen molar-refractivity contribution in [2.45, 2.75) is 25.4 Å². The van der Waals surface area contributed by atoms with Crippen molar-refractivity contribution in [2.75, 3.05) is 19.0 Å². The monoisotopic (exact) mass is 518 g/mol. The number of amides is 3.